The van der Waals surface area contributed by atoms with Crippen LogP contribution in [0.25, 0.3) is 11.4 Å². The predicted octanol–water partition coefficient (Wildman–Crippen LogP) is 4.97. The van der Waals surface area contributed by atoms with Crippen LogP contribution >= 0.6 is 35.0 Å². The number of phenolic OH excluding ortho intramolecular Hbond substituents is 1. The molecule has 1 aliphatic heterocycles. The molecule has 4 rings (SSSR count). The number of allylic oxidation sites excluding steroid dienone is 1. The zero-order chi connectivity index (χ0) is 19.8. The van der Waals surface area contributed by atoms with Crippen molar-refractivity contribution in [1.29, 1.82) is 0 Å². The Balaban J connectivity index is 1.68. The third-order valence-corrected chi connectivity index (χ3v) is 5.60. The van der Waals surface area contributed by atoms with Crippen LogP contribution in [-0.4, -0.2) is 32.0 Å². The van der Waals surface area contributed by atoms with Crippen molar-refractivity contribution in [2.75, 3.05) is 0 Å². The van der Waals surface area contributed by atoms with Crippen molar-refractivity contribution in [3.05, 3.63) is 68.6 Å². The Morgan fingerprint density at radius 1 is 1.14 bits per heavy atom. The fourth-order valence-corrected chi connectivity index (χ4v) is 3.62. The van der Waals surface area contributed by atoms with Crippen LogP contribution in [0.3, 0.4) is 0 Å². The van der Waals surface area contributed by atoms with E-state index in [0.29, 0.717) is 32.2 Å². The molecule has 0 unspecified atom stereocenters. The van der Waals surface area contributed by atoms with Gasteiger partial charge in [0.25, 0.3) is 0 Å². The van der Waals surface area contributed by atoms with Crippen molar-refractivity contribution < 1.29 is 9.90 Å². The zero-order valence-corrected chi connectivity index (χ0v) is 16.8. The second-order valence-electron chi connectivity index (χ2n) is 6.01. The molecule has 3 aromatic rings. The minimum absolute atomic E-state index is 0.115. The highest BCUT2D eigenvalue weighted by atomic mass is 35.5. The Labute approximate surface area is 174 Å². The third kappa shape index (κ3) is 3.44. The number of aromatic hydroxyl groups is 1. The molecule has 0 fully saturated rings. The number of Topliss-reactive ketones (excluding diaryl/α,β-unsaturated/α-hetero) is 1. The molecule has 6 nitrogen and oxygen atoms in total. The average molecular weight is 431 g/mol. The molecule has 0 saturated heterocycles. The lowest BCUT2D eigenvalue weighted by Crippen LogP contribution is -2.05. The monoisotopic (exact) mass is 430 g/mol. The highest BCUT2D eigenvalue weighted by molar-refractivity contribution is 8.02. The molecule has 28 heavy (non-hydrogen) atoms. The van der Waals surface area contributed by atoms with Gasteiger partial charge < -0.3 is 5.11 Å². The van der Waals surface area contributed by atoms with Crippen LogP contribution in [0.15, 0.2) is 57.6 Å². The van der Waals surface area contributed by atoms with Crippen LogP contribution in [0.2, 0.25) is 10.0 Å². The number of carbonyl (C=O) groups excluding carboxylic acids is 1. The number of thioether (sulfide) groups is 1. The summed E-state index contributed by atoms with van der Waals surface area (Å²) >= 11 is 13.3. The number of rotatable bonds is 3. The van der Waals surface area contributed by atoms with Crippen LogP contribution in [0.1, 0.15) is 15.9 Å². The molecule has 0 bridgehead atoms. The maximum Gasteiger partial charge on any atom is 0.216 e. The van der Waals surface area contributed by atoms with E-state index in [9.17, 15) is 9.90 Å². The summed E-state index contributed by atoms with van der Waals surface area (Å²) in [6.45, 7) is 1.75. The van der Waals surface area contributed by atoms with Crippen molar-refractivity contribution in [1.82, 2.24) is 14.9 Å². The number of benzene rings is 2. The van der Waals surface area contributed by atoms with Gasteiger partial charge in [-0.25, -0.2) is 0 Å². The highest BCUT2D eigenvalue weighted by Crippen LogP contribution is 2.31. The number of aromatic nitrogens is 3. The van der Waals surface area contributed by atoms with Crippen LogP contribution in [0.4, 0.5) is 0 Å². The first-order valence-corrected chi connectivity index (χ1v) is 9.74. The number of hydrogen-bond acceptors (Lipinski definition) is 6. The largest absolute Gasteiger partial charge is 0.507 e. The second-order valence-corrected chi connectivity index (χ2v) is 7.69. The quantitative estimate of drug-likeness (QED) is 0.593. The lowest BCUT2D eigenvalue weighted by atomic mass is 10.0. The number of fused-ring (bicyclic) bond motifs is 1. The van der Waals surface area contributed by atoms with Crippen LogP contribution < -0.4 is 0 Å². The fourth-order valence-electron chi connectivity index (χ4n) is 2.60. The molecule has 1 aliphatic rings. The highest BCUT2D eigenvalue weighted by Gasteiger charge is 2.21. The number of aryl methyl sites for hydroxylation is 1. The van der Waals surface area contributed by atoms with Gasteiger partial charge in [-0.05, 0) is 54.3 Å². The Hall–Kier alpha value is -2.61. The van der Waals surface area contributed by atoms with E-state index in [1.54, 1.807) is 29.1 Å². The minimum Gasteiger partial charge on any atom is -0.507 e. The number of ketones is 1. The zero-order valence-electron chi connectivity index (χ0n) is 14.4. The third-order valence-electron chi connectivity index (χ3n) is 4.10. The van der Waals surface area contributed by atoms with Crippen molar-refractivity contribution >= 4 is 47.0 Å². The Bertz CT molecular complexity index is 1150. The van der Waals surface area contributed by atoms with E-state index in [0.717, 1.165) is 5.56 Å². The first-order chi connectivity index (χ1) is 13.4. The van der Waals surface area contributed by atoms with Crippen molar-refractivity contribution in [2.45, 2.75) is 12.1 Å². The maximum atomic E-state index is 12.9. The van der Waals surface area contributed by atoms with Gasteiger partial charge in [-0.3, -0.25) is 4.79 Å². The van der Waals surface area contributed by atoms with E-state index in [-0.39, 0.29) is 17.1 Å². The standard InChI is InChI=1S/C19H12Cl2N4O2S/c1-10-6-16(26)14(7-15(10)21)17(27)12-8-22-25-18(23-24-19(25)28-9-12)11-2-4-13(20)5-3-11/h2-9,26H,1H3. The molecule has 2 aromatic carbocycles. The van der Waals surface area contributed by atoms with Gasteiger partial charge in [0.05, 0.1) is 11.8 Å². The molecule has 0 atom stereocenters. The van der Waals surface area contributed by atoms with Crippen molar-refractivity contribution in [3.63, 3.8) is 0 Å². The number of carbonyl (C=O) groups is 1. The summed E-state index contributed by atoms with van der Waals surface area (Å²) < 4.78 is 1.55. The molecule has 0 aliphatic carbocycles. The number of phenols is 1. The van der Waals surface area contributed by atoms with E-state index in [1.165, 1.54) is 30.1 Å². The number of halogens is 2. The summed E-state index contributed by atoms with van der Waals surface area (Å²) in [6, 6.07) is 10.1. The average Bonchev–Trinajstić information content (AvgIpc) is 2.96. The van der Waals surface area contributed by atoms with Gasteiger partial charge >= 0.3 is 0 Å². The summed E-state index contributed by atoms with van der Waals surface area (Å²) in [6.07, 6.45) is 1.42. The summed E-state index contributed by atoms with van der Waals surface area (Å²) in [5.41, 5.74) is 1.89. The number of nitrogens with zero attached hydrogens (tertiary/aromatic N) is 4. The first kappa shape index (κ1) is 18.7. The molecule has 0 saturated carbocycles. The second kappa shape index (κ2) is 7.43. The molecule has 9 heteroatoms. The van der Waals surface area contributed by atoms with Crippen molar-refractivity contribution in [2.24, 2.45) is 5.10 Å². The molecule has 1 N–H and O–H groups in total. The van der Waals surface area contributed by atoms with Crippen LogP contribution in [0, 0.1) is 6.92 Å². The summed E-state index contributed by atoms with van der Waals surface area (Å²) in [5.74, 6) is 0.0119. The van der Waals surface area contributed by atoms with E-state index in [2.05, 4.69) is 15.3 Å². The Morgan fingerprint density at radius 2 is 1.89 bits per heavy atom. The summed E-state index contributed by atoms with van der Waals surface area (Å²) in [5, 5.41) is 25.9. The minimum atomic E-state index is -0.387. The van der Waals surface area contributed by atoms with Crippen LogP contribution in [-0.2, 0) is 0 Å². The Morgan fingerprint density at radius 3 is 2.64 bits per heavy atom. The molecule has 1 aromatic heterocycles. The molecular weight excluding hydrogens is 419 g/mol. The SMILES string of the molecule is Cc1cc(O)c(C(=O)C2=CSc3nnc(-c4ccc(Cl)cc4)n3N=C2)cc1Cl. The van der Waals surface area contributed by atoms with Gasteiger partial charge in [0, 0.05) is 21.2 Å². The first-order valence-electron chi connectivity index (χ1n) is 8.10. The number of hydrogen-bond donors (Lipinski definition) is 1. The molecule has 140 valence electrons. The summed E-state index contributed by atoms with van der Waals surface area (Å²) in [7, 11) is 0. The smallest absolute Gasteiger partial charge is 0.216 e. The maximum absolute atomic E-state index is 12.9. The van der Waals surface area contributed by atoms with Gasteiger partial charge in [-0.2, -0.15) is 9.78 Å². The normalized spacial score (nSPS) is 13.0. The lowest BCUT2D eigenvalue weighted by molar-refractivity contribution is 0.103. The predicted molar refractivity (Wildman–Crippen MR) is 110 cm³/mol. The topological polar surface area (TPSA) is 80.4 Å². The molecule has 0 amide bonds. The Kier molecular flexibility index (Phi) is 4.97. The van der Waals surface area contributed by atoms with Gasteiger partial charge in [0.1, 0.15) is 5.75 Å². The van der Waals surface area contributed by atoms with E-state index in [1.807, 2.05) is 12.1 Å². The van der Waals surface area contributed by atoms with Gasteiger partial charge in [0.15, 0.2) is 11.6 Å². The van der Waals surface area contributed by atoms with Gasteiger partial charge in [-0.15, -0.1) is 10.2 Å². The molecular formula is C19H12Cl2N4O2S. The molecule has 2 heterocycles. The van der Waals surface area contributed by atoms with E-state index >= 15 is 0 Å². The van der Waals surface area contributed by atoms with Crippen molar-refractivity contribution in [3.8, 4) is 17.1 Å². The fraction of sp³-hybridized carbons (Fsp3) is 0.0526. The molecule has 0 spiro atoms. The van der Waals surface area contributed by atoms with Crippen LogP contribution in [0.5, 0.6) is 5.75 Å². The van der Waals surface area contributed by atoms with E-state index < -0.39 is 0 Å². The lowest BCUT2D eigenvalue weighted by Gasteiger charge is -2.06. The molecule has 0 radical (unpaired) electrons. The van der Waals surface area contributed by atoms with Gasteiger partial charge in [-0.1, -0.05) is 35.0 Å². The van der Waals surface area contributed by atoms with Gasteiger partial charge in [0.2, 0.25) is 5.16 Å². The van der Waals surface area contributed by atoms with E-state index in [4.69, 9.17) is 23.2 Å². The summed E-state index contributed by atoms with van der Waals surface area (Å²) in [4.78, 5) is 12.9.